The summed E-state index contributed by atoms with van der Waals surface area (Å²) in [6, 6.07) is 0.639. The summed E-state index contributed by atoms with van der Waals surface area (Å²) in [4.78, 5) is 0. The first-order valence-electron chi connectivity index (χ1n) is 7.92. The number of rotatable bonds is 6. The lowest BCUT2D eigenvalue weighted by Gasteiger charge is -2.32. The summed E-state index contributed by atoms with van der Waals surface area (Å²) in [5.74, 6) is 2.88. The molecule has 2 atom stereocenters. The Balaban J connectivity index is 2.58. The minimum atomic E-state index is 0.639. The largest absolute Gasteiger partial charge is 0.314 e. The van der Waals surface area contributed by atoms with Crippen molar-refractivity contribution in [1.29, 1.82) is 0 Å². The maximum atomic E-state index is 3.68. The summed E-state index contributed by atoms with van der Waals surface area (Å²) in [5.41, 5.74) is 0. The summed E-state index contributed by atoms with van der Waals surface area (Å²) in [7, 11) is 0. The molecule has 0 aliphatic heterocycles. The van der Waals surface area contributed by atoms with Gasteiger partial charge in [0.1, 0.15) is 0 Å². The van der Waals surface area contributed by atoms with E-state index in [9.17, 15) is 0 Å². The first-order chi connectivity index (χ1) is 8.19. The highest BCUT2D eigenvalue weighted by Crippen LogP contribution is 2.36. The Morgan fingerprint density at radius 2 is 1.65 bits per heavy atom. The molecule has 102 valence electrons. The normalized spacial score (nSPS) is 26.5. The highest BCUT2D eigenvalue weighted by Gasteiger charge is 2.28. The first-order valence-corrected chi connectivity index (χ1v) is 7.92. The molecule has 0 radical (unpaired) electrons. The molecule has 2 unspecified atom stereocenters. The van der Waals surface area contributed by atoms with E-state index in [-0.39, 0.29) is 0 Å². The van der Waals surface area contributed by atoms with Gasteiger partial charge in [0.05, 0.1) is 0 Å². The van der Waals surface area contributed by atoms with Crippen molar-refractivity contribution in [1.82, 2.24) is 5.32 Å². The van der Waals surface area contributed by atoms with Crippen LogP contribution in [0.3, 0.4) is 0 Å². The third kappa shape index (κ3) is 4.99. The van der Waals surface area contributed by atoms with E-state index in [0.29, 0.717) is 6.04 Å². The molecule has 17 heavy (non-hydrogen) atoms. The first kappa shape index (κ1) is 15.0. The lowest BCUT2D eigenvalue weighted by atomic mass is 9.76. The van der Waals surface area contributed by atoms with Gasteiger partial charge in [-0.1, -0.05) is 59.8 Å². The number of hydrogen-bond acceptors (Lipinski definition) is 1. The molecule has 1 N–H and O–H groups in total. The Morgan fingerprint density at radius 3 is 2.24 bits per heavy atom. The zero-order valence-electron chi connectivity index (χ0n) is 12.5. The van der Waals surface area contributed by atoms with Gasteiger partial charge in [-0.15, -0.1) is 0 Å². The average molecular weight is 239 g/mol. The van der Waals surface area contributed by atoms with Crippen LogP contribution in [0.4, 0.5) is 0 Å². The van der Waals surface area contributed by atoms with Crippen LogP contribution in [-0.4, -0.2) is 12.6 Å². The van der Waals surface area contributed by atoms with Gasteiger partial charge in [0.15, 0.2) is 0 Å². The monoisotopic (exact) mass is 239 g/mol. The van der Waals surface area contributed by atoms with Crippen LogP contribution in [0.2, 0.25) is 0 Å². The van der Waals surface area contributed by atoms with Crippen LogP contribution in [0, 0.1) is 17.8 Å². The van der Waals surface area contributed by atoms with Gasteiger partial charge in [0.2, 0.25) is 0 Å². The molecule has 0 aromatic carbocycles. The van der Waals surface area contributed by atoms with E-state index in [0.717, 1.165) is 17.8 Å². The van der Waals surface area contributed by atoms with Crippen molar-refractivity contribution < 1.29 is 0 Å². The minimum absolute atomic E-state index is 0.639. The van der Waals surface area contributed by atoms with Crippen LogP contribution in [0.5, 0.6) is 0 Å². The van der Waals surface area contributed by atoms with Crippen molar-refractivity contribution >= 4 is 0 Å². The Kier molecular flexibility index (Phi) is 7.18. The molecule has 1 nitrogen and oxygen atoms in total. The molecule has 0 amide bonds. The minimum Gasteiger partial charge on any atom is -0.314 e. The van der Waals surface area contributed by atoms with Gasteiger partial charge in [-0.2, -0.15) is 0 Å². The highest BCUT2D eigenvalue weighted by atomic mass is 14.9. The average Bonchev–Trinajstić information content (AvgIpc) is 2.54. The smallest absolute Gasteiger partial charge is 0.00104 e. The molecule has 0 aromatic rings. The standard InChI is InChI=1S/C16H33N/c1-5-14(6-2)16-11-9-7-8-10-15(16)12-17-13(3)4/h13-17H,5-12H2,1-4H3. The molecule has 1 aliphatic carbocycles. The zero-order valence-corrected chi connectivity index (χ0v) is 12.5. The van der Waals surface area contributed by atoms with Crippen LogP contribution in [0.15, 0.2) is 0 Å². The van der Waals surface area contributed by atoms with E-state index in [1.165, 1.54) is 51.5 Å². The van der Waals surface area contributed by atoms with E-state index in [1.54, 1.807) is 0 Å². The number of nitrogens with one attached hydrogen (secondary N) is 1. The molecule has 0 heterocycles. The Hall–Kier alpha value is -0.0400. The van der Waals surface area contributed by atoms with Gasteiger partial charge in [-0.3, -0.25) is 0 Å². The molecule has 1 heteroatoms. The lowest BCUT2D eigenvalue weighted by molar-refractivity contribution is 0.193. The van der Waals surface area contributed by atoms with Crippen LogP contribution in [0.25, 0.3) is 0 Å². The fourth-order valence-electron chi connectivity index (χ4n) is 3.57. The van der Waals surface area contributed by atoms with Gasteiger partial charge >= 0.3 is 0 Å². The van der Waals surface area contributed by atoms with Crippen molar-refractivity contribution in [3.63, 3.8) is 0 Å². The second-order valence-corrected chi connectivity index (χ2v) is 6.20. The second-order valence-electron chi connectivity index (χ2n) is 6.20. The molecule has 0 saturated heterocycles. The van der Waals surface area contributed by atoms with E-state index < -0.39 is 0 Å². The van der Waals surface area contributed by atoms with Crippen LogP contribution in [-0.2, 0) is 0 Å². The van der Waals surface area contributed by atoms with Gasteiger partial charge in [0, 0.05) is 6.04 Å². The zero-order chi connectivity index (χ0) is 12.7. The summed E-state index contributed by atoms with van der Waals surface area (Å²) >= 11 is 0. The molecule has 1 rings (SSSR count). The predicted molar refractivity (Wildman–Crippen MR) is 77.3 cm³/mol. The molecule has 0 spiro atoms. The third-order valence-corrected chi connectivity index (χ3v) is 4.66. The van der Waals surface area contributed by atoms with Crippen LogP contribution < -0.4 is 5.32 Å². The maximum Gasteiger partial charge on any atom is 0.00104 e. The van der Waals surface area contributed by atoms with Gasteiger partial charge in [-0.05, 0) is 37.1 Å². The van der Waals surface area contributed by atoms with Gasteiger partial charge < -0.3 is 5.32 Å². The summed E-state index contributed by atoms with van der Waals surface area (Å²) in [6.07, 6.45) is 10.1. The predicted octanol–water partition coefficient (Wildman–Crippen LogP) is 4.62. The SMILES string of the molecule is CCC(CC)C1CCCCCC1CNC(C)C. The van der Waals surface area contributed by atoms with Crippen molar-refractivity contribution in [3.05, 3.63) is 0 Å². The second kappa shape index (κ2) is 8.13. The quantitative estimate of drug-likeness (QED) is 0.667. The molecule has 0 bridgehead atoms. The lowest BCUT2D eigenvalue weighted by Crippen LogP contribution is -2.34. The van der Waals surface area contributed by atoms with Gasteiger partial charge in [-0.25, -0.2) is 0 Å². The van der Waals surface area contributed by atoms with Gasteiger partial charge in [0.25, 0.3) is 0 Å². The van der Waals surface area contributed by atoms with E-state index in [2.05, 4.69) is 33.0 Å². The van der Waals surface area contributed by atoms with Crippen molar-refractivity contribution in [3.8, 4) is 0 Å². The molecular formula is C16H33N. The molecule has 1 aliphatic rings. The summed E-state index contributed by atoms with van der Waals surface area (Å²) < 4.78 is 0. The maximum absolute atomic E-state index is 3.68. The topological polar surface area (TPSA) is 12.0 Å². The Morgan fingerprint density at radius 1 is 1.00 bits per heavy atom. The Labute approximate surface area is 109 Å². The van der Waals surface area contributed by atoms with E-state index >= 15 is 0 Å². The molecule has 1 saturated carbocycles. The van der Waals surface area contributed by atoms with E-state index in [4.69, 9.17) is 0 Å². The molecular weight excluding hydrogens is 206 g/mol. The van der Waals surface area contributed by atoms with Crippen molar-refractivity contribution in [2.45, 2.75) is 78.7 Å². The van der Waals surface area contributed by atoms with Crippen LogP contribution >= 0.6 is 0 Å². The Bertz CT molecular complexity index is 184. The van der Waals surface area contributed by atoms with Crippen molar-refractivity contribution in [2.75, 3.05) is 6.54 Å². The molecule has 0 aromatic heterocycles. The van der Waals surface area contributed by atoms with Crippen molar-refractivity contribution in [2.24, 2.45) is 17.8 Å². The number of hydrogen-bond donors (Lipinski definition) is 1. The fraction of sp³-hybridized carbons (Fsp3) is 1.00. The van der Waals surface area contributed by atoms with Crippen LogP contribution in [0.1, 0.15) is 72.6 Å². The third-order valence-electron chi connectivity index (χ3n) is 4.66. The van der Waals surface area contributed by atoms with E-state index in [1.807, 2.05) is 0 Å². The summed E-state index contributed by atoms with van der Waals surface area (Å²) in [6.45, 7) is 10.5. The fourth-order valence-corrected chi connectivity index (χ4v) is 3.57. The molecule has 1 fully saturated rings. The summed E-state index contributed by atoms with van der Waals surface area (Å²) in [5, 5.41) is 3.68. The highest BCUT2D eigenvalue weighted by molar-refractivity contribution is 4.80.